The van der Waals surface area contributed by atoms with Crippen molar-refractivity contribution in [2.75, 3.05) is 26.3 Å². The van der Waals surface area contributed by atoms with Crippen LogP contribution in [0.4, 0.5) is 0 Å². The second-order valence-electron chi connectivity index (χ2n) is 4.79. The van der Waals surface area contributed by atoms with Crippen LogP contribution in [0.5, 0.6) is 0 Å². The van der Waals surface area contributed by atoms with E-state index in [9.17, 15) is 0 Å². The van der Waals surface area contributed by atoms with Crippen molar-refractivity contribution in [3.8, 4) is 0 Å². The fraction of sp³-hybridized carbons (Fsp3) is 1.00. The molecule has 0 amide bonds. The molecule has 0 N–H and O–H groups in total. The van der Waals surface area contributed by atoms with Gasteiger partial charge in [-0.25, -0.2) is 0 Å². The zero-order valence-electron chi connectivity index (χ0n) is 9.37. The Morgan fingerprint density at radius 1 is 1.07 bits per heavy atom. The van der Waals surface area contributed by atoms with Gasteiger partial charge in [-0.05, 0) is 25.7 Å². The molecule has 2 nitrogen and oxygen atoms in total. The molecule has 1 unspecified atom stereocenters. The van der Waals surface area contributed by atoms with Crippen molar-refractivity contribution in [3.05, 3.63) is 0 Å². The summed E-state index contributed by atoms with van der Waals surface area (Å²) in [4.78, 5) is 2.62. The number of hydrogen-bond donors (Lipinski definition) is 0. The van der Waals surface area contributed by atoms with Gasteiger partial charge >= 0.3 is 0 Å². The van der Waals surface area contributed by atoms with Crippen molar-refractivity contribution in [2.45, 2.75) is 45.1 Å². The van der Waals surface area contributed by atoms with E-state index in [1.54, 1.807) is 0 Å². The summed E-state index contributed by atoms with van der Waals surface area (Å²) < 4.78 is 5.40. The van der Waals surface area contributed by atoms with Crippen LogP contribution in [0, 0.1) is 5.92 Å². The normalized spacial score (nSPS) is 28.9. The predicted octanol–water partition coefficient (Wildman–Crippen LogP) is 2.29. The summed E-state index contributed by atoms with van der Waals surface area (Å²) in [6.07, 6.45) is 7.29. The van der Waals surface area contributed by atoms with E-state index < -0.39 is 0 Å². The fourth-order valence-electron chi connectivity index (χ4n) is 2.90. The lowest BCUT2D eigenvalue weighted by Crippen LogP contribution is -2.45. The molecule has 0 radical (unpaired) electrons. The average Bonchev–Trinajstić information content (AvgIpc) is 2.30. The molecular weight excluding hydrogens is 174 g/mol. The van der Waals surface area contributed by atoms with Crippen molar-refractivity contribution in [1.82, 2.24) is 4.90 Å². The van der Waals surface area contributed by atoms with E-state index in [0.29, 0.717) is 0 Å². The molecule has 2 aliphatic rings. The van der Waals surface area contributed by atoms with Crippen LogP contribution in [0.1, 0.15) is 39.0 Å². The maximum absolute atomic E-state index is 5.40. The summed E-state index contributed by atoms with van der Waals surface area (Å²) in [5.41, 5.74) is 0. The summed E-state index contributed by atoms with van der Waals surface area (Å²) in [5.74, 6) is 0.960. The molecule has 14 heavy (non-hydrogen) atoms. The topological polar surface area (TPSA) is 12.5 Å². The van der Waals surface area contributed by atoms with Crippen LogP contribution in [-0.4, -0.2) is 37.2 Å². The summed E-state index contributed by atoms with van der Waals surface area (Å²) >= 11 is 0. The third-order valence-electron chi connectivity index (χ3n) is 3.95. The van der Waals surface area contributed by atoms with E-state index >= 15 is 0 Å². The minimum Gasteiger partial charge on any atom is -0.379 e. The number of hydrogen-bond acceptors (Lipinski definition) is 2. The van der Waals surface area contributed by atoms with Gasteiger partial charge in [0.2, 0.25) is 0 Å². The van der Waals surface area contributed by atoms with Crippen molar-refractivity contribution >= 4 is 0 Å². The highest BCUT2D eigenvalue weighted by Crippen LogP contribution is 2.29. The zero-order valence-corrected chi connectivity index (χ0v) is 9.37. The van der Waals surface area contributed by atoms with Gasteiger partial charge < -0.3 is 4.74 Å². The monoisotopic (exact) mass is 197 g/mol. The molecule has 1 aliphatic carbocycles. The van der Waals surface area contributed by atoms with E-state index in [4.69, 9.17) is 4.74 Å². The molecule has 0 bridgehead atoms. The highest BCUT2D eigenvalue weighted by molar-refractivity contribution is 4.79. The van der Waals surface area contributed by atoms with Crippen LogP contribution in [-0.2, 0) is 4.74 Å². The molecule has 1 aliphatic heterocycles. The highest BCUT2D eigenvalue weighted by atomic mass is 16.5. The molecule has 2 heteroatoms. The van der Waals surface area contributed by atoms with E-state index in [2.05, 4.69) is 11.8 Å². The van der Waals surface area contributed by atoms with Gasteiger partial charge in [0.25, 0.3) is 0 Å². The number of rotatable bonds is 2. The van der Waals surface area contributed by atoms with Crippen molar-refractivity contribution in [3.63, 3.8) is 0 Å². The summed E-state index contributed by atoms with van der Waals surface area (Å²) in [6, 6.07) is 0.791. The van der Waals surface area contributed by atoms with Crippen molar-refractivity contribution < 1.29 is 4.74 Å². The summed E-state index contributed by atoms with van der Waals surface area (Å²) in [6.45, 7) is 6.60. The van der Waals surface area contributed by atoms with Crippen LogP contribution in [0.3, 0.4) is 0 Å². The Morgan fingerprint density at radius 2 is 1.71 bits per heavy atom. The highest BCUT2D eigenvalue weighted by Gasteiger charge is 2.25. The second kappa shape index (κ2) is 5.13. The number of ether oxygens (including phenoxy) is 1. The molecule has 1 heterocycles. The molecular formula is C12H23NO. The Bertz CT molecular complexity index is 142. The van der Waals surface area contributed by atoms with Crippen molar-refractivity contribution in [1.29, 1.82) is 0 Å². The van der Waals surface area contributed by atoms with Gasteiger partial charge in [0.15, 0.2) is 0 Å². The molecule has 2 rings (SSSR count). The van der Waals surface area contributed by atoms with Crippen LogP contribution in [0.2, 0.25) is 0 Å². The van der Waals surface area contributed by atoms with Crippen LogP contribution >= 0.6 is 0 Å². The van der Waals surface area contributed by atoms with E-state index in [1.807, 2.05) is 0 Å². The number of nitrogens with zero attached hydrogens (tertiary/aromatic N) is 1. The van der Waals surface area contributed by atoms with E-state index in [-0.39, 0.29) is 0 Å². The average molecular weight is 197 g/mol. The summed E-state index contributed by atoms with van der Waals surface area (Å²) in [7, 11) is 0. The van der Waals surface area contributed by atoms with Gasteiger partial charge in [0.05, 0.1) is 13.2 Å². The van der Waals surface area contributed by atoms with Crippen molar-refractivity contribution in [2.24, 2.45) is 5.92 Å². The standard InChI is InChI=1S/C12H23NO/c1-11(12-5-3-2-4-6-12)13-7-9-14-10-8-13/h11-12H,2-10H2,1H3. The zero-order chi connectivity index (χ0) is 9.80. The Hall–Kier alpha value is -0.0800. The molecule has 0 aromatic heterocycles. The van der Waals surface area contributed by atoms with Gasteiger partial charge in [-0.2, -0.15) is 0 Å². The Labute approximate surface area is 87.6 Å². The van der Waals surface area contributed by atoms with Gasteiger partial charge in [-0.1, -0.05) is 19.3 Å². The molecule has 0 aromatic carbocycles. The fourth-order valence-corrected chi connectivity index (χ4v) is 2.90. The lowest BCUT2D eigenvalue weighted by molar-refractivity contribution is 0.00289. The van der Waals surface area contributed by atoms with Crippen LogP contribution < -0.4 is 0 Å². The molecule has 1 saturated heterocycles. The second-order valence-corrected chi connectivity index (χ2v) is 4.79. The first-order valence-corrected chi connectivity index (χ1v) is 6.20. The third-order valence-corrected chi connectivity index (χ3v) is 3.95. The number of morpholine rings is 1. The molecule has 1 atom stereocenters. The lowest BCUT2D eigenvalue weighted by Gasteiger charge is -2.38. The molecule has 0 spiro atoms. The molecule has 0 aromatic rings. The maximum atomic E-state index is 5.40. The quantitative estimate of drug-likeness (QED) is 0.673. The Morgan fingerprint density at radius 3 is 2.36 bits per heavy atom. The molecule has 82 valence electrons. The first-order valence-electron chi connectivity index (χ1n) is 6.20. The smallest absolute Gasteiger partial charge is 0.0594 e. The van der Waals surface area contributed by atoms with Gasteiger partial charge in [-0.3, -0.25) is 4.90 Å². The van der Waals surface area contributed by atoms with Crippen LogP contribution in [0.15, 0.2) is 0 Å². The van der Waals surface area contributed by atoms with Gasteiger partial charge in [-0.15, -0.1) is 0 Å². The first kappa shape index (κ1) is 10.4. The predicted molar refractivity (Wildman–Crippen MR) is 58.4 cm³/mol. The lowest BCUT2D eigenvalue weighted by atomic mass is 9.84. The molecule has 2 fully saturated rings. The van der Waals surface area contributed by atoms with Gasteiger partial charge in [0.1, 0.15) is 0 Å². The first-order chi connectivity index (χ1) is 6.88. The molecule has 1 saturated carbocycles. The van der Waals surface area contributed by atoms with Crippen LogP contribution in [0.25, 0.3) is 0 Å². The Balaban J connectivity index is 1.82. The Kier molecular flexibility index (Phi) is 3.82. The van der Waals surface area contributed by atoms with E-state index in [0.717, 1.165) is 38.3 Å². The van der Waals surface area contributed by atoms with E-state index in [1.165, 1.54) is 32.1 Å². The van der Waals surface area contributed by atoms with Gasteiger partial charge in [0, 0.05) is 19.1 Å². The SMILES string of the molecule is CC(C1CCCCC1)N1CCOCC1. The summed E-state index contributed by atoms with van der Waals surface area (Å²) in [5, 5.41) is 0. The minimum atomic E-state index is 0.791. The minimum absolute atomic E-state index is 0.791. The largest absolute Gasteiger partial charge is 0.379 e. The maximum Gasteiger partial charge on any atom is 0.0594 e. The third kappa shape index (κ3) is 2.48.